The number of rotatable bonds is 3. The van der Waals surface area contributed by atoms with Crippen molar-refractivity contribution in [3.05, 3.63) is 21.9 Å². The maximum atomic E-state index is 12.4. The molecule has 0 atom stereocenters. The lowest BCUT2D eigenvalue weighted by atomic mass is 9.70. The zero-order chi connectivity index (χ0) is 13.6. The Balaban J connectivity index is 2.29. The van der Waals surface area contributed by atoms with Crippen LogP contribution in [0.15, 0.2) is 11.4 Å². The molecule has 98 valence electrons. The third kappa shape index (κ3) is 1.93. The van der Waals surface area contributed by atoms with Gasteiger partial charge in [-0.2, -0.15) is 4.58 Å². The van der Waals surface area contributed by atoms with Crippen molar-refractivity contribution < 1.29 is 14.5 Å². The van der Waals surface area contributed by atoms with Gasteiger partial charge in [0.05, 0.1) is 12.0 Å². The normalized spacial score (nSPS) is 21.2. The topological polar surface area (TPSA) is 40.3 Å². The first-order chi connectivity index (χ1) is 8.29. The van der Waals surface area contributed by atoms with Crippen LogP contribution in [0.2, 0.25) is 0 Å². The summed E-state index contributed by atoms with van der Waals surface area (Å²) >= 11 is 1.53. The zero-order valence-corrected chi connectivity index (χ0v) is 12.2. The van der Waals surface area contributed by atoms with E-state index in [4.69, 9.17) is 0 Å². The average molecular weight is 266 g/mol. The number of hydrogen-bond donors (Lipinski definition) is 1. The molecule has 2 rings (SSSR count). The Morgan fingerprint density at radius 3 is 2.50 bits per heavy atom. The Kier molecular flexibility index (Phi) is 3.19. The van der Waals surface area contributed by atoms with Gasteiger partial charge in [0.25, 0.3) is 0 Å². The smallest absolute Gasteiger partial charge is 0.391 e. The van der Waals surface area contributed by atoms with Gasteiger partial charge in [-0.3, -0.25) is 0 Å². The second kappa shape index (κ2) is 4.28. The molecule has 4 heteroatoms. The van der Waals surface area contributed by atoms with Crippen LogP contribution in [0, 0.1) is 10.8 Å². The summed E-state index contributed by atoms with van der Waals surface area (Å²) in [4.78, 5) is 13.3. The largest absolute Gasteiger partial charge is 0.393 e. The molecule has 0 fully saturated rings. The van der Waals surface area contributed by atoms with E-state index < -0.39 is 0 Å². The predicted octanol–water partition coefficient (Wildman–Crippen LogP) is 2.42. The Bertz CT molecular complexity index is 512. The highest BCUT2D eigenvalue weighted by atomic mass is 32.1. The molecular formula is C14H20NO2S+. The molecule has 0 spiro atoms. The molecule has 0 radical (unpaired) electrons. The highest BCUT2D eigenvalue weighted by molar-refractivity contribution is 7.10. The van der Waals surface area contributed by atoms with Crippen LogP contribution in [0.1, 0.15) is 38.1 Å². The maximum absolute atomic E-state index is 12.4. The van der Waals surface area contributed by atoms with Crippen LogP contribution >= 0.6 is 11.3 Å². The molecule has 1 aromatic rings. The molecule has 1 aromatic heterocycles. The van der Waals surface area contributed by atoms with Gasteiger partial charge in [0, 0.05) is 10.4 Å². The fraction of sp³-hybridized carbons (Fsp3) is 0.571. The van der Waals surface area contributed by atoms with Gasteiger partial charge in [0.1, 0.15) is 5.41 Å². The van der Waals surface area contributed by atoms with Crippen LogP contribution in [0.4, 0.5) is 0 Å². The Morgan fingerprint density at radius 1 is 1.33 bits per heavy atom. The van der Waals surface area contributed by atoms with Gasteiger partial charge in [0.2, 0.25) is 0 Å². The molecule has 1 N–H and O–H groups in total. The SMILES string of the molecule is CC1(C)C=[N+](Cc2ccsc2CO)C(=O)C1(C)C. The molecule has 0 bridgehead atoms. The van der Waals surface area contributed by atoms with E-state index in [1.807, 2.05) is 31.5 Å². The standard InChI is InChI=1S/C14H20NO2S/c1-13(2)9-15(12(17)14(13,3)4)7-10-5-6-18-11(10)8-16/h5-6,9,16H,7-8H2,1-4H3/q+1. The highest BCUT2D eigenvalue weighted by Gasteiger charge is 2.55. The summed E-state index contributed by atoms with van der Waals surface area (Å²) in [6.07, 6.45) is 2.02. The lowest BCUT2D eigenvalue weighted by Gasteiger charge is -2.25. The number of aliphatic hydroxyl groups is 1. The van der Waals surface area contributed by atoms with E-state index in [9.17, 15) is 9.90 Å². The number of aliphatic hydroxyl groups excluding tert-OH is 1. The van der Waals surface area contributed by atoms with Gasteiger partial charge in [0.15, 0.2) is 12.8 Å². The number of thiophene rings is 1. The Hall–Kier alpha value is -1.00. The van der Waals surface area contributed by atoms with Crippen LogP contribution < -0.4 is 0 Å². The van der Waals surface area contributed by atoms with Crippen LogP contribution in [0.25, 0.3) is 0 Å². The monoisotopic (exact) mass is 266 g/mol. The number of hydrogen-bond acceptors (Lipinski definition) is 3. The molecule has 0 aliphatic carbocycles. The molecule has 1 aliphatic heterocycles. The molecule has 0 saturated carbocycles. The molecule has 1 amide bonds. The van der Waals surface area contributed by atoms with Crippen molar-refractivity contribution in [1.29, 1.82) is 0 Å². The first-order valence-electron chi connectivity index (χ1n) is 6.13. The molecule has 18 heavy (non-hydrogen) atoms. The van der Waals surface area contributed by atoms with E-state index in [1.165, 1.54) is 11.3 Å². The van der Waals surface area contributed by atoms with E-state index >= 15 is 0 Å². The van der Waals surface area contributed by atoms with E-state index in [2.05, 4.69) is 13.8 Å². The number of carbonyl (C=O) groups is 1. The van der Waals surface area contributed by atoms with E-state index in [0.29, 0.717) is 6.54 Å². The summed E-state index contributed by atoms with van der Waals surface area (Å²) in [6.45, 7) is 8.77. The van der Waals surface area contributed by atoms with Crippen molar-refractivity contribution in [2.45, 2.75) is 40.8 Å². The predicted molar refractivity (Wildman–Crippen MR) is 72.8 cm³/mol. The molecule has 1 aliphatic rings. The Labute approximate surface area is 112 Å². The minimum Gasteiger partial charge on any atom is -0.391 e. The van der Waals surface area contributed by atoms with Crippen LogP contribution in [-0.4, -0.2) is 21.8 Å². The van der Waals surface area contributed by atoms with Crippen molar-refractivity contribution in [1.82, 2.24) is 0 Å². The highest BCUT2D eigenvalue weighted by Crippen LogP contribution is 2.42. The van der Waals surface area contributed by atoms with Crippen LogP contribution in [0.5, 0.6) is 0 Å². The lowest BCUT2D eigenvalue weighted by molar-refractivity contribution is -0.459. The Morgan fingerprint density at radius 2 is 2.00 bits per heavy atom. The van der Waals surface area contributed by atoms with Gasteiger partial charge in [-0.25, -0.2) is 4.79 Å². The number of carbonyl (C=O) groups excluding carboxylic acids is 1. The summed E-state index contributed by atoms with van der Waals surface area (Å²) in [6, 6.07) is 1.98. The maximum Gasteiger partial charge on any atom is 0.393 e. The van der Waals surface area contributed by atoms with Gasteiger partial charge < -0.3 is 5.11 Å². The first kappa shape index (κ1) is 13.4. The summed E-state index contributed by atoms with van der Waals surface area (Å²) in [5.41, 5.74) is 0.530. The molecule has 0 aromatic carbocycles. The third-order valence-electron chi connectivity index (χ3n) is 4.21. The van der Waals surface area contributed by atoms with E-state index in [1.54, 1.807) is 4.58 Å². The second-order valence-electron chi connectivity index (χ2n) is 5.94. The number of amides is 1. The van der Waals surface area contributed by atoms with Crippen molar-refractivity contribution >= 4 is 23.5 Å². The van der Waals surface area contributed by atoms with Gasteiger partial charge in [-0.15, -0.1) is 11.3 Å². The quantitative estimate of drug-likeness (QED) is 0.854. The van der Waals surface area contributed by atoms with E-state index in [-0.39, 0.29) is 23.3 Å². The zero-order valence-electron chi connectivity index (χ0n) is 11.4. The average Bonchev–Trinajstić information content (AvgIpc) is 2.78. The van der Waals surface area contributed by atoms with E-state index in [0.717, 1.165) is 10.4 Å². The first-order valence-corrected chi connectivity index (χ1v) is 7.01. The van der Waals surface area contributed by atoms with Crippen LogP contribution in [-0.2, 0) is 17.9 Å². The lowest BCUT2D eigenvalue weighted by Crippen LogP contribution is -2.36. The molecule has 3 nitrogen and oxygen atoms in total. The van der Waals surface area contributed by atoms with Gasteiger partial charge in [-0.05, 0) is 39.1 Å². The summed E-state index contributed by atoms with van der Waals surface area (Å²) in [5.74, 6) is 0.155. The van der Waals surface area contributed by atoms with Crippen molar-refractivity contribution in [3.8, 4) is 0 Å². The second-order valence-corrected chi connectivity index (χ2v) is 6.94. The van der Waals surface area contributed by atoms with Crippen molar-refractivity contribution in [3.63, 3.8) is 0 Å². The van der Waals surface area contributed by atoms with Crippen molar-refractivity contribution in [2.75, 3.05) is 0 Å². The van der Waals surface area contributed by atoms with Gasteiger partial charge in [-0.1, -0.05) is 0 Å². The third-order valence-corrected chi connectivity index (χ3v) is 5.15. The molecule has 0 unspecified atom stereocenters. The molecule has 0 saturated heterocycles. The molecule has 2 heterocycles. The summed E-state index contributed by atoms with van der Waals surface area (Å²) in [7, 11) is 0. The fourth-order valence-corrected chi connectivity index (χ4v) is 2.95. The minimum atomic E-state index is -0.373. The fourth-order valence-electron chi connectivity index (χ4n) is 2.19. The van der Waals surface area contributed by atoms with Crippen LogP contribution in [0.3, 0.4) is 0 Å². The summed E-state index contributed by atoms with van der Waals surface area (Å²) < 4.78 is 1.79. The van der Waals surface area contributed by atoms with Gasteiger partial charge >= 0.3 is 5.91 Å². The van der Waals surface area contributed by atoms with Crippen molar-refractivity contribution in [2.24, 2.45) is 10.8 Å². The molecular weight excluding hydrogens is 246 g/mol. The summed E-state index contributed by atoms with van der Waals surface area (Å²) in [5, 5.41) is 11.2. The minimum absolute atomic E-state index is 0.0435. The number of nitrogens with zero attached hydrogens (tertiary/aromatic N) is 1.